The van der Waals surface area contributed by atoms with E-state index < -0.39 is 0 Å². The van der Waals surface area contributed by atoms with E-state index in [1.165, 1.54) is 12.1 Å². The van der Waals surface area contributed by atoms with Gasteiger partial charge in [0.25, 0.3) is 0 Å². The standard InChI is InChI=1S/C12H14FN5/c1-7-15-11-6-17(3)12-9(14-2)4-8(13)5-10(12)18(11)16-7/h4-5,14H,6H2,1-3H3. The second-order valence-corrected chi connectivity index (χ2v) is 4.41. The zero-order valence-corrected chi connectivity index (χ0v) is 10.5. The number of nitrogens with one attached hydrogen (secondary N) is 1. The molecule has 0 aliphatic carbocycles. The van der Waals surface area contributed by atoms with Crippen molar-refractivity contribution in [3.8, 4) is 5.69 Å². The van der Waals surface area contributed by atoms with Gasteiger partial charge in [0, 0.05) is 20.2 Å². The minimum atomic E-state index is -0.285. The van der Waals surface area contributed by atoms with Gasteiger partial charge in [-0.3, -0.25) is 0 Å². The third-order valence-electron chi connectivity index (χ3n) is 3.09. The van der Waals surface area contributed by atoms with Crippen LogP contribution in [0, 0.1) is 12.7 Å². The van der Waals surface area contributed by atoms with Crippen LogP contribution in [0.25, 0.3) is 5.69 Å². The molecule has 0 fully saturated rings. The van der Waals surface area contributed by atoms with E-state index in [1.54, 1.807) is 11.7 Å². The molecule has 18 heavy (non-hydrogen) atoms. The molecule has 0 atom stereocenters. The highest BCUT2D eigenvalue weighted by molar-refractivity contribution is 5.80. The summed E-state index contributed by atoms with van der Waals surface area (Å²) < 4.78 is 15.4. The number of aryl methyl sites for hydroxylation is 1. The second kappa shape index (κ2) is 3.69. The Morgan fingerprint density at radius 1 is 1.39 bits per heavy atom. The van der Waals surface area contributed by atoms with Crippen molar-refractivity contribution < 1.29 is 4.39 Å². The number of rotatable bonds is 1. The third-order valence-corrected chi connectivity index (χ3v) is 3.09. The topological polar surface area (TPSA) is 46.0 Å². The van der Waals surface area contributed by atoms with Crippen molar-refractivity contribution in [2.75, 3.05) is 24.3 Å². The fourth-order valence-electron chi connectivity index (χ4n) is 2.38. The summed E-state index contributed by atoms with van der Waals surface area (Å²) in [6.45, 7) is 2.50. The molecule has 6 heteroatoms. The van der Waals surface area contributed by atoms with Crippen LogP contribution in [0.1, 0.15) is 11.6 Å². The van der Waals surface area contributed by atoms with Crippen molar-refractivity contribution in [1.29, 1.82) is 0 Å². The summed E-state index contributed by atoms with van der Waals surface area (Å²) in [6.07, 6.45) is 0. The molecule has 0 spiro atoms. The van der Waals surface area contributed by atoms with Crippen LogP contribution in [0.5, 0.6) is 0 Å². The van der Waals surface area contributed by atoms with Crippen molar-refractivity contribution in [3.05, 3.63) is 29.6 Å². The average molecular weight is 247 g/mol. The summed E-state index contributed by atoms with van der Waals surface area (Å²) in [7, 11) is 3.75. The number of hydrogen-bond donors (Lipinski definition) is 1. The van der Waals surface area contributed by atoms with Crippen molar-refractivity contribution in [1.82, 2.24) is 14.8 Å². The minimum Gasteiger partial charge on any atom is -0.386 e. The lowest BCUT2D eigenvalue weighted by Crippen LogP contribution is -2.27. The van der Waals surface area contributed by atoms with Crippen molar-refractivity contribution in [2.45, 2.75) is 13.5 Å². The zero-order chi connectivity index (χ0) is 12.9. The number of nitrogens with zero attached hydrogens (tertiary/aromatic N) is 4. The number of hydrogen-bond acceptors (Lipinski definition) is 4. The summed E-state index contributed by atoms with van der Waals surface area (Å²) in [5, 5.41) is 7.35. The van der Waals surface area contributed by atoms with Crippen LogP contribution in [0.2, 0.25) is 0 Å². The lowest BCUT2D eigenvalue weighted by molar-refractivity contribution is 0.621. The average Bonchev–Trinajstić information content (AvgIpc) is 2.68. The Morgan fingerprint density at radius 3 is 2.89 bits per heavy atom. The highest BCUT2D eigenvalue weighted by Gasteiger charge is 2.25. The van der Waals surface area contributed by atoms with E-state index >= 15 is 0 Å². The fourth-order valence-corrected chi connectivity index (χ4v) is 2.38. The molecule has 0 saturated carbocycles. The normalized spacial score (nSPS) is 13.2. The third kappa shape index (κ3) is 1.45. The molecule has 1 aromatic carbocycles. The smallest absolute Gasteiger partial charge is 0.152 e. The monoisotopic (exact) mass is 247 g/mol. The Balaban J connectivity index is 2.32. The maximum absolute atomic E-state index is 13.6. The SMILES string of the molecule is CNc1cc(F)cc2c1N(C)Cc1nc(C)nn1-2. The Kier molecular flexibility index (Phi) is 2.26. The molecule has 0 bridgehead atoms. The summed E-state index contributed by atoms with van der Waals surface area (Å²) in [6, 6.07) is 2.98. The van der Waals surface area contributed by atoms with Gasteiger partial charge in [-0.2, -0.15) is 5.10 Å². The van der Waals surface area contributed by atoms with E-state index in [-0.39, 0.29) is 5.82 Å². The van der Waals surface area contributed by atoms with Gasteiger partial charge in [0.1, 0.15) is 11.6 Å². The number of halogens is 1. The Labute approximate surface area is 104 Å². The highest BCUT2D eigenvalue weighted by atomic mass is 19.1. The van der Waals surface area contributed by atoms with E-state index in [0.29, 0.717) is 12.4 Å². The first-order valence-electron chi connectivity index (χ1n) is 5.75. The largest absolute Gasteiger partial charge is 0.386 e. The van der Waals surface area contributed by atoms with E-state index in [0.717, 1.165) is 22.9 Å². The predicted octanol–water partition coefficient (Wildman–Crippen LogP) is 1.71. The number of aromatic nitrogens is 3. The number of benzene rings is 1. The fraction of sp³-hybridized carbons (Fsp3) is 0.333. The second-order valence-electron chi connectivity index (χ2n) is 4.41. The number of fused-ring (bicyclic) bond motifs is 3. The van der Waals surface area contributed by atoms with Crippen LogP contribution in [-0.4, -0.2) is 28.9 Å². The Bertz CT molecular complexity index is 619. The molecule has 0 unspecified atom stereocenters. The highest BCUT2D eigenvalue weighted by Crippen LogP contribution is 2.37. The predicted molar refractivity (Wildman–Crippen MR) is 67.7 cm³/mol. The van der Waals surface area contributed by atoms with Crippen LogP contribution in [-0.2, 0) is 6.54 Å². The summed E-state index contributed by atoms with van der Waals surface area (Å²) >= 11 is 0. The summed E-state index contributed by atoms with van der Waals surface area (Å²) in [4.78, 5) is 6.40. The molecule has 2 heterocycles. The van der Waals surface area contributed by atoms with Crippen LogP contribution in [0.4, 0.5) is 15.8 Å². The molecule has 2 aromatic rings. The minimum absolute atomic E-state index is 0.285. The van der Waals surface area contributed by atoms with E-state index in [2.05, 4.69) is 15.4 Å². The molecule has 3 rings (SSSR count). The lowest BCUT2D eigenvalue weighted by atomic mass is 10.1. The van der Waals surface area contributed by atoms with Crippen LogP contribution in [0.3, 0.4) is 0 Å². The van der Waals surface area contributed by atoms with Gasteiger partial charge in [-0.1, -0.05) is 0 Å². The maximum Gasteiger partial charge on any atom is 0.152 e. The molecule has 1 aliphatic heterocycles. The zero-order valence-electron chi connectivity index (χ0n) is 10.5. The van der Waals surface area contributed by atoms with E-state index in [9.17, 15) is 4.39 Å². The first-order valence-corrected chi connectivity index (χ1v) is 5.75. The quantitative estimate of drug-likeness (QED) is 0.833. The van der Waals surface area contributed by atoms with Crippen LogP contribution < -0.4 is 10.2 Å². The molecule has 0 amide bonds. The summed E-state index contributed by atoms with van der Waals surface area (Å²) in [5.74, 6) is 1.24. The van der Waals surface area contributed by atoms with Crippen LogP contribution in [0.15, 0.2) is 12.1 Å². The first-order chi connectivity index (χ1) is 8.60. The van der Waals surface area contributed by atoms with Gasteiger partial charge in [0.15, 0.2) is 5.82 Å². The first kappa shape index (κ1) is 11.0. The van der Waals surface area contributed by atoms with Crippen molar-refractivity contribution in [2.24, 2.45) is 0 Å². The molecule has 1 aliphatic rings. The number of anilines is 2. The van der Waals surface area contributed by atoms with Gasteiger partial charge >= 0.3 is 0 Å². The van der Waals surface area contributed by atoms with Crippen molar-refractivity contribution in [3.63, 3.8) is 0 Å². The molecular formula is C12H14FN5. The molecule has 1 aromatic heterocycles. The molecule has 0 radical (unpaired) electrons. The van der Waals surface area contributed by atoms with Gasteiger partial charge in [0.05, 0.1) is 23.6 Å². The van der Waals surface area contributed by atoms with Gasteiger partial charge in [-0.25, -0.2) is 14.1 Å². The Hall–Kier alpha value is -2.11. The summed E-state index contributed by atoms with van der Waals surface area (Å²) in [5.41, 5.74) is 2.42. The van der Waals surface area contributed by atoms with E-state index in [1.807, 2.05) is 18.9 Å². The molecule has 94 valence electrons. The van der Waals surface area contributed by atoms with Crippen molar-refractivity contribution >= 4 is 11.4 Å². The van der Waals surface area contributed by atoms with Gasteiger partial charge in [0.2, 0.25) is 0 Å². The van der Waals surface area contributed by atoms with Crippen LogP contribution >= 0.6 is 0 Å². The molecular weight excluding hydrogens is 233 g/mol. The maximum atomic E-state index is 13.6. The molecule has 0 saturated heterocycles. The lowest BCUT2D eigenvalue weighted by Gasteiger charge is -2.29. The van der Waals surface area contributed by atoms with Gasteiger partial charge in [-0.05, 0) is 13.0 Å². The van der Waals surface area contributed by atoms with E-state index in [4.69, 9.17) is 0 Å². The molecule has 5 nitrogen and oxygen atoms in total. The Morgan fingerprint density at radius 2 is 2.17 bits per heavy atom. The van der Waals surface area contributed by atoms with Gasteiger partial charge in [-0.15, -0.1) is 0 Å². The van der Waals surface area contributed by atoms with Gasteiger partial charge < -0.3 is 10.2 Å². The molecule has 1 N–H and O–H groups in total.